The molecule has 0 bridgehead atoms. The topological polar surface area (TPSA) is 53.6 Å². The lowest BCUT2D eigenvalue weighted by molar-refractivity contribution is 1.09. The van der Waals surface area contributed by atoms with E-state index in [9.17, 15) is 0 Å². The highest BCUT2D eigenvalue weighted by molar-refractivity contribution is 6.30. The number of rotatable bonds is 3. The van der Waals surface area contributed by atoms with Gasteiger partial charge in [-0.15, -0.1) is 0 Å². The summed E-state index contributed by atoms with van der Waals surface area (Å²) in [5.74, 6) is 0.807. The second-order valence-electron chi connectivity index (χ2n) is 4.31. The predicted octanol–water partition coefficient (Wildman–Crippen LogP) is 3.83. The Balaban J connectivity index is 2.17. The largest absolute Gasteiger partial charge is 0.371 e. The average Bonchev–Trinajstić information content (AvgIpc) is 2.93. The third-order valence-corrected chi connectivity index (χ3v) is 3.36. The van der Waals surface area contributed by atoms with E-state index in [0.717, 1.165) is 28.2 Å². The van der Waals surface area contributed by atoms with Crippen LogP contribution in [0.3, 0.4) is 0 Å². The molecule has 0 aliphatic heterocycles. The monoisotopic (exact) mass is 284 g/mol. The number of hydrogen-bond acceptors (Lipinski definition) is 3. The van der Waals surface area contributed by atoms with Crippen molar-refractivity contribution in [2.24, 2.45) is 0 Å². The van der Waals surface area contributed by atoms with Gasteiger partial charge in [-0.3, -0.25) is 10.1 Å². The Morgan fingerprint density at radius 2 is 1.70 bits per heavy atom. The SMILES string of the molecule is CNc1n[nH]c(-c2ccc(Cl)cc2)c1-c1ccncc1. The second kappa shape index (κ2) is 5.35. The van der Waals surface area contributed by atoms with Crippen LogP contribution in [-0.2, 0) is 0 Å². The van der Waals surface area contributed by atoms with E-state index in [1.54, 1.807) is 12.4 Å². The number of nitrogens with one attached hydrogen (secondary N) is 2. The van der Waals surface area contributed by atoms with Gasteiger partial charge in [-0.25, -0.2) is 0 Å². The normalized spacial score (nSPS) is 10.5. The molecular weight excluding hydrogens is 272 g/mol. The summed E-state index contributed by atoms with van der Waals surface area (Å²) >= 11 is 5.94. The summed E-state index contributed by atoms with van der Waals surface area (Å²) in [6, 6.07) is 11.6. The molecule has 0 saturated carbocycles. The summed E-state index contributed by atoms with van der Waals surface area (Å²) in [6.07, 6.45) is 3.54. The molecule has 3 rings (SSSR count). The molecule has 0 aliphatic rings. The molecule has 100 valence electrons. The Morgan fingerprint density at radius 3 is 2.35 bits per heavy atom. The minimum atomic E-state index is 0.715. The zero-order chi connectivity index (χ0) is 13.9. The van der Waals surface area contributed by atoms with Crippen LogP contribution in [-0.4, -0.2) is 22.2 Å². The van der Waals surface area contributed by atoms with E-state index in [0.29, 0.717) is 5.02 Å². The van der Waals surface area contributed by atoms with Gasteiger partial charge in [0.25, 0.3) is 0 Å². The maximum absolute atomic E-state index is 5.94. The first-order valence-corrected chi connectivity index (χ1v) is 6.60. The van der Waals surface area contributed by atoms with Crippen LogP contribution in [0, 0.1) is 0 Å². The molecule has 4 nitrogen and oxygen atoms in total. The molecule has 2 heterocycles. The fraction of sp³-hybridized carbons (Fsp3) is 0.0667. The molecule has 0 unspecified atom stereocenters. The molecule has 0 atom stereocenters. The fourth-order valence-electron chi connectivity index (χ4n) is 2.15. The molecule has 0 fully saturated rings. The first kappa shape index (κ1) is 12.7. The molecule has 1 aromatic carbocycles. The zero-order valence-corrected chi connectivity index (χ0v) is 11.6. The number of hydrogen-bond donors (Lipinski definition) is 2. The van der Waals surface area contributed by atoms with E-state index in [4.69, 9.17) is 11.6 Å². The van der Waals surface area contributed by atoms with E-state index in [1.165, 1.54) is 0 Å². The van der Waals surface area contributed by atoms with Crippen LogP contribution in [0.15, 0.2) is 48.8 Å². The zero-order valence-electron chi connectivity index (χ0n) is 10.9. The molecule has 2 aromatic heterocycles. The maximum Gasteiger partial charge on any atom is 0.156 e. The van der Waals surface area contributed by atoms with Gasteiger partial charge in [-0.1, -0.05) is 23.7 Å². The quantitative estimate of drug-likeness (QED) is 0.768. The molecule has 20 heavy (non-hydrogen) atoms. The van der Waals surface area contributed by atoms with Gasteiger partial charge < -0.3 is 5.32 Å². The van der Waals surface area contributed by atoms with Gasteiger partial charge in [-0.05, 0) is 29.8 Å². The third-order valence-electron chi connectivity index (χ3n) is 3.11. The van der Waals surface area contributed by atoms with E-state index >= 15 is 0 Å². The van der Waals surface area contributed by atoms with Crippen LogP contribution >= 0.6 is 11.6 Å². The molecule has 0 amide bonds. The Hall–Kier alpha value is -2.33. The van der Waals surface area contributed by atoms with Crippen molar-refractivity contribution in [2.75, 3.05) is 12.4 Å². The van der Waals surface area contributed by atoms with Gasteiger partial charge in [-0.2, -0.15) is 5.10 Å². The van der Waals surface area contributed by atoms with Crippen molar-refractivity contribution in [3.63, 3.8) is 0 Å². The van der Waals surface area contributed by atoms with Crippen LogP contribution in [0.5, 0.6) is 0 Å². The lowest BCUT2D eigenvalue weighted by atomic mass is 10.0. The summed E-state index contributed by atoms with van der Waals surface area (Å²) in [7, 11) is 1.85. The lowest BCUT2D eigenvalue weighted by Gasteiger charge is -2.06. The van der Waals surface area contributed by atoms with Crippen LogP contribution in [0.25, 0.3) is 22.4 Å². The fourth-order valence-corrected chi connectivity index (χ4v) is 2.27. The van der Waals surface area contributed by atoms with Gasteiger partial charge in [0.15, 0.2) is 5.82 Å². The Labute approximate surface area is 121 Å². The van der Waals surface area contributed by atoms with Gasteiger partial charge >= 0.3 is 0 Å². The summed E-state index contributed by atoms with van der Waals surface area (Å²) in [6.45, 7) is 0. The van der Waals surface area contributed by atoms with Gasteiger partial charge in [0, 0.05) is 30.0 Å². The number of anilines is 1. The first-order valence-electron chi connectivity index (χ1n) is 6.22. The number of aromatic amines is 1. The molecule has 0 aliphatic carbocycles. The first-order chi connectivity index (χ1) is 9.79. The third kappa shape index (κ3) is 2.26. The summed E-state index contributed by atoms with van der Waals surface area (Å²) in [4.78, 5) is 4.06. The van der Waals surface area contributed by atoms with Crippen molar-refractivity contribution < 1.29 is 0 Å². The van der Waals surface area contributed by atoms with Gasteiger partial charge in [0.05, 0.1) is 11.3 Å². The highest BCUT2D eigenvalue weighted by Crippen LogP contribution is 2.35. The van der Waals surface area contributed by atoms with Crippen molar-refractivity contribution in [3.05, 3.63) is 53.8 Å². The van der Waals surface area contributed by atoms with Crippen LogP contribution in [0.2, 0.25) is 5.02 Å². The Morgan fingerprint density at radius 1 is 1.00 bits per heavy atom. The molecule has 0 saturated heterocycles. The molecule has 0 spiro atoms. The Bertz CT molecular complexity index is 704. The molecule has 3 aromatic rings. The number of pyridine rings is 1. The van der Waals surface area contributed by atoms with E-state index in [2.05, 4.69) is 20.5 Å². The minimum absolute atomic E-state index is 0.715. The number of nitrogens with zero attached hydrogens (tertiary/aromatic N) is 2. The summed E-state index contributed by atoms with van der Waals surface area (Å²) in [5, 5.41) is 11.2. The lowest BCUT2D eigenvalue weighted by Crippen LogP contribution is -1.91. The van der Waals surface area contributed by atoms with Gasteiger partial charge in [0.1, 0.15) is 0 Å². The van der Waals surface area contributed by atoms with Crippen LogP contribution < -0.4 is 5.32 Å². The average molecular weight is 285 g/mol. The van der Waals surface area contributed by atoms with E-state index in [-0.39, 0.29) is 0 Å². The number of H-pyrrole nitrogens is 1. The number of benzene rings is 1. The summed E-state index contributed by atoms with van der Waals surface area (Å²) < 4.78 is 0. The maximum atomic E-state index is 5.94. The molecular formula is C15H13ClN4. The molecule has 2 N–H and O–H groups in total. The summed E-state index contributed by atoms with van der Waals surface area (Å²) in [5.41, 5.74) is 4.08. The highest BCUT2D eigenvalue weighted by atomic mass is 35.5. The predicted molar refractivity (Wildman–Crippen MR) is 81.8 cm³/mol. The van der Waals surface area contributed by atoms with Crippen molar-refractivity contribution in [1.29, 1.82) is 0 Å². The van der Waals surface area contributed by atoms with Crippen molar-refractivity contribution in [1.82, 2.24) is 15.2 Å². The standard InChI is InChI=1S/C15H13ClN4/c1-17-15-13(10-6-8-18-9-7-10)14(19-20-15)11-2-4-12(16)5-3-11/h2-9H,1H3,(H2,17,19,20). The van der Waals surface area contributed by atoms with E-state index < -0.39 is 0 Å². The number of halogens is 1. The van der Waals surface area contributed by atoms with Crippen LogP contribution in [0.1, 0.15) is 0 Å². The van der Waals surface area contributed by atoms with E-state index in [1.807, 2.05) is 43.4 Å². The smallest absolute Gasteiger partial charge is 0.156 e. The van der Waals surface area contributed by atoms with Gasteiger partial charge in [0.2, 0.25) is 0 Å². The second-order valence-corrected chi connectivity index (χ2v) is 4.75. The van der Waals surface area contributed by atoms with Crippen molar-refractivity contribution >= 4 is 17.4 Å². The number of aromatic nitrogens is 3. The highest BCUT2D eigenvalue weighted by Gasteiger charge is 2.15. The van der Waals surface area contributed by atoms with Crippen molar-refractivity contribution in [2.45, 2.75) is 0 Å². The molecule has 0 radical (unpaired) electrons. The molecule has 5 heteroatoms. The minimum Gasteiger partial charge on any atom is -0.371 e. The van der Waals surface area contributed by atoms with Crippen LogP contribution in [0.4, 0.5) is 5.82 Å². The van der Waals surface area contributed by atoms with Crippen molar-refractivity contribution in [3.8, 4) is 22.4 Å². The Kier molecular flexibility index (Phi) is 3.39.